The number of halogens is 2. The standard InChI is InChI=1S/C32H27ClIN3O4/c1-21-7-8-22(2)37(21)25-10-12-26(13-11-25)39-20-27-14-16-31(41-27)32(38)36-35-18-23-9-15-30(29(34)17-23)40-19-24-5-3-4-6-28(24)33/h3-18H,19-20H2,1-2H3,(H,36,38)/b35-18+. The SMILES string of the molecule is Cc1ccc(C)n1-c1ccc(OCc2ccc(C(=O)N/N=C/c3ccc(OCc4ccccc4Cl)c(I)c3)o2)cc1. The van der Waals surface area contributed by atoms with Crippen LogP contribution in [0.5, 0.6) is 11.5 Å². The second-order valence-electron chi connectivity index (χ2n) is 9.27. The number of hydrazone groups is 1. The van der Waals surface area contributed by atoms with E-state index in [1.165, 1.54) is 11.4 Å². The number of rotatable bonds is 10. The first-order chi connectivity index (χ1) is 19.9. The average molecular weight is 680 g/mol. The first-order valence-electron chi connectivity index (χ1n) is 12.8. The minimum atomic E-state index is -0.455. The third kappa shape index (κ3) is 7.20. The van der Waals surface area contributed by atoms with Crippen LogP contribution in [0, 0.1) is 17.4 Å². The molecule has 208 valence electrons. The molecular weight excluding hydrogens is 653 g/mol. The van der Waals surface area contributed by atoms with E-state index in [0.29, 0.717) is 23.1 Å². The van der Waals surface area contributed by atoms with Gasteiger partial charge in [-0.15, -0.1) is 0 Å². The first kappa shape index (κ1) is 28.5. The molecule has 9 heteroatoms. The summed E-state index contributed by atoms with van der Waals surface area (Å²) < 4.78 is 20.5. The molecule has 0 aliphatic rings. The Morgan fingerprint density at radius 3 is 2.44 bits per heavy atom. The number of nitrogens with zero attached hydrogens (tertiary/aromatic N) is 2. The van der Waals surface area contributed by atoms with Crippen LogP contribution in [0.3, 0.4) is 0 Å². The number of aryl methyl sites for hydroxylation is 2. The van der Waals surface area contributed by atoms with Crippen molar-refractivity contribution >= 4 is 46.3 Å². The van der Waals surface area contributed by atoms with E-state index in [-0.39, 0.29) is 12.4 Å². The van der Waals surface area contributed by atoms with Crippen LogP contribution in [0.1, 0.15) is 38.8 Å². The highest BCUT2D eigenvalue weighted by molar-refractivity contribution is 14.1. The number of carbonyl (C=O) groups is 1. The molecule has 0 radical (unpaired) electrons. The lowest BCUT2D eigenvalue weighted by Crippen LogP contribution is -2.16. The van der Waals surface area contributed by atoms with E-state index in [0.717, 1.165) is 26.1 Å². The Balaban J connectivity index is 1.11. The lowest BCUT2D eigenvalue weighted by Gasteiger charge is -2.10. The zero-order valence-corrected chi connectivity index (χ0v) is 25.3. The number of ether oxygens (including phenoxy) is 2. The van der Waals surface area contributed by atoms with Gasteiger partial charge >= 0.3 is 5.91 Å². The van der Waals surface area contributed by atoms with E-state index < -0.39 is 5.91 Å². The molecule has 1 amide bonds. The first-order valence-corrected chi connectivity index (χ1v) is 14.3. The molecule has 0 saturated heterocycles. The van der Waals surface area contributed by atoms with Crippen LogP contribution in [-0.4, -0.2) is 16.7 Å². The van der Waals surface area contributed by atoms with Crippen molar-refractivity contribution in [3.63, 3.8) is 0 Å². The maximum Gasteiger partial charge on any atom is 0.307 e. The molecule has 0 aliphatic carbocycles. The predicted molar refractivity (Wildman–Crippen MR) is 168 cm³/mol. The molecule has 41 heavy (non-hydrogen) atoms. The largest absolute Gasteiger partial charge is 0.488 e. The molecule has 0 bridgehead atoms. The monoisotopic (exact) mass is 679 g/mol. The summed E-state index contributed by atoms with van der Waals surface area (Å²) in [7, 11) is 0. The van der Waals surface area contributed by atoms with Crippen LogP contribution in [-0.2, 0) is 13.2 Å². The maximum atomic E-state index is 12.5. The van der Waals surface area contributed by atoms with Gasteiger partial charge in [-0.1, -0.05) is 29.8 Å². The normalized spacial score (nSPS) is 11.1. The Morgan fingerprint density at radius 2 is 1.71 bits per heavy atom. The summed E-state index contributed by atoms with van der Waals surface area (Å²) in [4.78, 5) is 12.5. The zero-order chi connectivity index (χ0) is 28.8. The van der Waals surface area contributed by atoms with Gasteiger partial charge in [-0.2, -0.15) is 5.10 Å². The zero-order valence-electron chi connectivity index (χ0n) is 22.4. The van der Waals surface area contributed by atoms with E-state index in [2.05, 4.69) is 63.7 Å². The van der Waals surface area contributed by atoms with Crippen LogP contribution >= 0.6 is 34.2 Å². The number of hydrogen-bond acceptors (Lipinski definition) is 5. The van der Waals surface area contributed by atoms with Crippen molar-refractivity contribution in [1.82, 2.24) is 9.99 Å². The molecule has 3 aromatic carbocycles. The van der Waals surface area contributed by atoms with Crippen LogP contribution in [0.2, 0.25) is 5.02 Å². The Kier molecular flexibility index (Phi) is 9.11. The molecule has 0 spiro atoms. The van der Waals surface area contributed by atoms with Crippen molar-refractivity contribution in [2.75, 3.05) is 0 Å². The Bertz CT molecular complexity index is 1670. The van der Waals surface area contributed by atoms with Gasteiger partial charge in [-0.05, 0) is 115 Å². The summed E-state index contributed by atoms with van der Waals surface area (Å²) in [6.45, 7) is 4.72. The molecule has 0 atom stereocenters. The van der Waals surface area contributed by atoms with Crippen LogP contribution in [0.15, 0.2) is 101 Å². The predicted octanol–water partition coefficient (Wildman–Crippen LogP) is 7.87. The molecule has 0 unspecified atom stereocenters. The van der Waals surface area contributed by atoms with Crippen LogP contribution in [0.4, 0.5) is 0 Å². The second-order valence-corrected chi connectivity index (χ2v) is 10.8. The minimum absolute atomic E-state index is 0.146. The number of carbonyl (C=O) groups excluding carboxylic acids is 1. The smallest absolute Gasteiger partial charge is 0.307 e. The van der Waals surface area contributed by atoms with Gasteiger partial charge in [0.15, 0.2) is 5.76 Å². The van der Waals surface area contributed by atoms with E-state index in [1.54, 1.807) is 18.3 Å². The van der Waals surface area contributed by atoms with Gasteiger partial charge in [0.1, 0.15) is 30.5 Å². The van der Waals surface area contributed by atoms with E-state index in [9.17, 15) is 4.79 Å². The molecule has 2 heterocycles. The Hall–Kier alpha value is -4.02. The van der Waals surface area contributed by atoms with Crippen molar-refractivity contribution in [1.29, 1.82) is 0 Å². The van der Waals surface area contributed by atoms with E-state index >= 15 is 0 Å². The topological polar surface area (TPSA) is 78.0 Å². The maximum absolute atomic E-state index is 12.5. The van der Waals surface area contributed by atoms with Gasteiger partial charge in [0.25, 0.3) is 0 Å². The van der Waals surface area contributed by atoms with Gasteiger partial charge in [0, 0.05) is 27.7 Å². The molecule has 0 aliphatic heterocycles. The highest BCUT2D eigenvalue weighted by atomic mass is 127. The van der Waals surface area contributed by atoms with E-state index in [1.807, 2.05) is 66.7 Å². The molecule has 1 N–H and O–H groups in total. The summed E-state index contributed by atoms with van der Waals surface area (Å²) in [5, 5.41) is 4.73. The lowest BCUT2D eigenvalue weighted by atomic mass is 10.2. The third-order valence-corrected chi connectivity index (χ3v) is 7.52. The van der Waals surface area contributed by atoms with Gasteiger partial charge in [0.2, 0.25) is 0 Å². The van der Waals surface area contributed by atoms with Crippen LogP contribution < -0.4 is 14.9 Å². The molecule has 0 saturated carbocycles. The molecule has 0 fully saturated rings. The fourth-order valence-corrected chi connectivity index (χ4v) is 5.09. The number of aromatic nitrogens is 1. The fourth-order valence-electron chi connectivity index (χ4n) is 4.21. The quantitative estimate of drug-likeness (QED) is 0.0926. The van der Waals surface area contributed by atoms with Gasteiger partial charge < -0.3 is 18.5 Å². The summed E-state index contributed by atoms with van der Waals surface area (Å²) in [5.41, 5.74) is 7.63. The molecule has 5 rings (SSSR count). The van der Waals surface area contributed by atoms with Crippen molar-refractivity contribution in [2.24, 2.45) is 5.10 Å². The third-order valence-electron chi connectivity index (χ3n) is 6.31. The summed E-state index contributed by atoms with van der Waals surface area (Å²) in [5.74, 6) is 1.66. The van der Waals surface area contributed by atoms with Gasteiger partial charge in [-0.25, -0.2) is 5.43 Å². The van der Waals surface area contributed by atoms with Crippen LogP contribution in [0.25, 0.3) is 5.69 Å². The van der Waals surface area contributed by atoms with Crippen molar-refractivity contribution < 1.29 is 18.7 Å². The van der Waals surface area contributed by atoms with Gasteiger partial charge in [0.05, 0.1) is 9.78 Å². The number of amides is 1. The molecule has 2 aromatic heterocycles. The number of hydrogen-bond donors (Lipinski definition) is 1. The average Bonchev–Trinajstić information content (AvgIpc) is 3.58. The van der Waals surface area contributed by atoms with Crippen molar-refractivity contribution in [3.05, 3.63) is 134 Å². The van der Waals surface area contributed by atoms with Crippen molar-refractivity contribution in [2.45, 2.75) is 27.1 Å². The molecule has 5 aromatic rings. The highest BCUT2D eigenvalue weighted by Gasteiger charge is 2.12. The summed E-state index contributed by atoms with van der Waals surface area (Å²) in [6, 6.07) is 28.5. The summed E-state index contributed by atoms with van der Waals surface area (Å²) >= 11 is 8.40. The highest BCUT2D eigenvalue weighted by Crippen LogP contribution is 2.25. The lowest BCUT2D eigenvalue weighted by molar-refractivity contribution is 0.0923. The fraction of sp³-hybridized carbons (Fsp3) is 0.125. The number of furan rings is 1. The Morgan fingerprint density at radius 1 is 0.951 bits per heavy atom. The molecular formula is C32H27ClIN3O4. The second kappa shape index (κ2) is 13.1. The van der Waals surface area contributed by atoms with Crippen molar-refractivity contribution in [3.8, 4) is 17.2 Å². The number of benzene rings is 3. The molecule has 7 nitrogen and oxygen atoms in total. The Labute approximate surface area is 256 Å². The number of nitrogens with one attached hydrogen (secondary N) is 1. The minimum Gasteiger partial charge on any atom is -0.488 e. The van der Waals surface area contributed by atoms with Gasteiger partial charge in [-0.3, -0.25) is 4.79 Å². The summed E-state index contributed by atoms with van der Waals surface area (Å²) in [6.07, 6.45) is 1.56. The van der Waals surface area contributed by atoms with E-state index in [4.69, 9.17) is 25.5 Å².